The summed E-state index contributed by atoms with van der Waals surface area (Å²) in [5.74, 6) is -0.0702. The van der Waals surface area contributed by atoms with Crippen LogP contribution in [0.15, 0.2) is 30.3 Å². The number of carbonyl (C=O) groups is 1. The van der Waals surface area contributed by atoms with Gasteiger partial charge in [-0.3, -0.25) is 4.79 Å². The third kappa shape index (κ3) is 9.07. The SMILES string of the molecule is CC(C)(CCCC(=O)OCCCCCCCCO)c1ccccc1. The quantitative estimate of drug-likeness (QED) is 0.407. The van der Waals surface area contributed by atoms with Crippen molar-refractivity contribution in [1.29, 1.82) is 0 Å². The molecule has 0 saturated carbocycles. The zero-order chi connectivity index (χ0) is 17.7. The van der Waals surface area contributed by atoms with Crippen LogP contribution < -0.4 is 0 Å². The van der Waals surface area contributed by atoms with Crippen LogP contribution in [0, 0.1) is 0 Å². The van der Waals surface area contributed by atoms with E-state index >= 15 is 0 Å². The molecule has 0 bridgehead atoms. The van der Waals surface area contributed by atoms with Crippen molar-refractivity contribution < 1.29 is 14.6 Å². The maximum absolute atomic E-state index is 11.8. The third-order valence-electron chi connectivity index (χ3n) is 4.55. The number of carbonyl (C=O) groups excluding carboxylic acids is 1. The lowest BCUT2D eigenvalue weighted by atomic mass is 9.80. The first-order chi connectivity index (χ1) is 11.6. The van der Waals surface area contributed by atoms with Gasteiger partial charge < -0.3 is 9.84 Å². The van der Waals surface area contributed by atoms with Crippen LogP contribution in [0.5, 0.6) is 0 Å². The van der Waals surface area contributed by atoms with Crippen molar-refractivity contribution in [1.82, 2.24) is 0 Å². The van der Waals surface area contributed by atoms with Crippen molar-refractivity contribution in [3.8, 4) is 0 Å². The standard InChI is InChI=1S/C21H34O3/c1-21(2,19-13-8-7-9-14-19)16-12-15-20(23)24-18-11-6-4-3-5-10-17-22/h7-9,13-14,22H,3-6,10-12,15-18H2,1-2H3. The molecule has 1 aromatic rings. The second-order valence-corrected chi connectivity index (χ2v) is 7.17. The number of hydrogen-bond acceptors (Lipinski definition) is 3. The van der Waals surface area contributed by atoms with Crippen LogP contribution in [0.2, 0.25) is 0 Å². The van der Waals surface area contributed by atoms with Gasteiger partial charge in [0.15, 0.2) is 0 Å². The zero-order valence-corrected chi connectivity index (χ0v) is 15.4. The molecule has 0 aliphatic rings. The average molecular weight is 334 g/mol. The smallest absolute Gasteiger partial charge is 0.305 e. The zero-order valence-electron chi connectivity index (χ0n) is 15.4. The average Bonchev–Trinajstić information content (AvgIpc) is 2.58. The highest BCUT2D eigenvalue weighted by atomic mass is 16.5. The molecule has 0 aliphatic heterocycles. The summed E-state index contributed by atoms with van der Waals surface area (Å²) in [5, 5.41) is 8.70. The van der Waals surface area contributed by atoms with E-state index in [-0.39, 0.29) is 11.4 Å². The lowest BCUT2D eigenvalue weighted by molar-refractivity contribution is -0.143. The third-order valence-corrected chi connectivity index (χ3v) is 4.55. The van der Waals surface area contributed by atoms with Gasteiger partial charge in [0.05, 0.1) is 6.61 Å². The fraction of sp³-hybridized carbons (Fsp3) is 0.667. The highest BCUT2D eigenvalue weighted by molar-refractivity contribution is 5.69. The summed E-state index contributed by atoms with van der Waals surface area (Å²) < 4.78 is 5.31. The van der Waals surface area contributed by atoms with Gasteiger partial charge in [0.2, 0.25) is 0 Å². The minimum absolute atomic E-state index is 0.0702. The van der Waals surface area contributed by atoms with Crippen molar-refractivity contribution in [2.24, 2.45) is 0 Å². The predicted octanol–water partition coefficient (Wildman–Crippen LogP) is 5.01. The van der Waals surface area contributed by atoms with Gasteiger partial charge in [-0.05, 0) is 36.7 Å². The molecule has 1 N–H and O–H groups in total. The number of hydrogen-bond donors (Lipinski definition) is 1. The highest BCUT2D eigenvalue weighted by Crippen LogP contribution is 2.28. The number of aliphatic hydroxyl groups excluding tert-OH is 1. The Bertz CT molecular complexity index is 440. The molecule has 0 saturated heterocycles. The molecule has 0 aliphatic carbocycles. The first kappa shape index (κ1) is 20.7. The molecule has 3 heteroatoms. The van der Waals surface area contributed by atoms with Gasteiger partial charge in [0, 0.05) is 13.0 Å². The molecule has 0 atom stereocenters. The molecular weight excluding hydrogens is 300 g/mol. The lowest BCUT2D eigenvalue weighted by Gasteiger charge is -2.25. The van der Waals surface area contributed by atoms with Gasteiger partial charge in [0.1, 0.15) is 0 Å². The van der Waals surface area contributed by atoms with Gasteiger partial charge in [-0.15, -0.1) is 0 Å². The molecule has 1 aromatic carbocycles. The van der Waals surface area contributed by atoms with Crippen LogP contribution in [-0.2, 0) is 14.9 Å². The van der Waals surface area contributed by atoms with E-state index in [0.29, 0.717) is 19.6 Å². The van der Waals surface area contributed by atoms with Crippen LogP contribution in [0.1, 0.15) is 77.2 Å². The van der Waals surface area contributed by atoms with Crippen molar-refractivity contribution in [3.05, 3.63) is 35.9 Å². The van der Waals surface area contributed by atoms with Gasteiger partial charge in [-0.25, -0.2) is 0 Å². The Morgan fingerprint density at radius 2 is 1.58 bits per heavy atom. The highest BCUT2D eigenvalue weighted by Gasteiger charge is 2.20. The summed E-state index contributed by atoms with van der Waals surface area (Å²) >= 11 is 0. The van der Waals surface area contributed by atoms with Crippen molar-refractivity contribution in [2.75, 3.05) is 13.2 Å². The number of esters is 1. The molecule has 0 fully saturated rings. The Labute approximate surface area is 147 Å². The summed E-state index contributed by atoms with van der Waals surface area (Å²) in [6, 6.07) is 10.5. The molecule has 0 aromatic heterocycles. The Morgan fingerprint density at radius 3 is 2.25 bits per heavy atom. The van der Waals surface area contributed by atoms with E-state index < -0.39 is 0 Å². The number of unbranched alkanes of at least 4 members (excludes halogenated alkanes) is 5. The van der Waals surface area contributed by atoms with Crippen molar-refractivity contribution in [3.63, 3.8) is 0 Å². The Balaban J connectivity index is 2.06. The van der Waals surface area contributed by atoms with Crippen LogP contribution in [0.25, 0.3) is 0 Å². The molecular formula is C21H34O3. The van der Waals surface area contributed by atoms with Gasteiger partial charge in [0.25, 0.3) is 0 Å². The molecule has 0 radical (unpaired) electrons. The summed E-state index contributed by atoms with van der Waals surface area (Å²) in [6.45, 7) is 5.29. The Kier molecular flexibility index (Phi) is 10.4. The van der Waals surface area contributed by atoms with Crippen molar-refractivity contribution in [2.45, 2.75) is 77.0 Å². The van der Waals surface area contributed by atoms with E-state index in [1.807, 2.05) is 6.07 Å². The predicted molar refractivity (Wildman–Crippen MR) is 99.1 cm³/mol. The molecule has 3 nitrogen and oxygen atoms in total. The van der Waals surface area contributed by atoms with Crippen LogP contribution in [0.3, 0.4) is 0 Å². The molecule has 136 valence electrons. The summed E-state index contributed by atoms with van der Waals surface area (Å²) in [4.78, 5) is 11.8. The van der Waals surface area contributed by atoms with E-state index in [4.69, 9.17) is 9.84 Å². The van der Waals surface area contributed by atoms with Crippen LogP contribution in [0.4, 0.5) is 0 Å². The summed E-state index contributed by atoms with van der Waals surface area (Å²) in [5.41, 5.74) is 1.41. The minimum Gasteiger partial charge on any atom is -0.466 e. The molecule has 0 unspecified atom stereocenters. The molecule has 0 heterocycles. The fourth-order valence-electron chi connectivity index (χ4n) is 2.89. The maximum atomic E-state index is 11.8. The van der Waals surface area contributed by atoms with Gasteiger partial charge in [-0.2, -0.15) is 0 Å². The second kappa shape index (κ2) is 12.1. The number of benzene rings is 1. The Morgan fingerprint density at radius 1 is 0.958 bits per heavy atom. The van der Waals surface area contributed by atoms with Gasteiger partial charge in [-0.1, -0.05) is 69.9 Å². The fourth-order valence-corrected chi connectivity index (χ4v) is 2.89. The molecule has 0 amide bonds. The van der Waals surface area contributed by atoms with E-state index in [9.17, 15) is 4.79 Å². The largest absolute Gasteiger partial charge is 0.466 e. The van der Waals surface area contributed by atoms with E-state index in [1.54, 1.807) is 0 Å². The molecule has 0 spiro atoms. The Hall–Kier alpha value is -1.35. The number of ether oxygens (including phenoxy) is 1. The first-order valence-electron chi connectivity index (χ1n) is 9.38. The van der Waals surface area contributed by atoms with Crippen molar-refractivity contribution >= 4 is 5.97 Å². The first-order valence-corrected chi connectivity index (χ1v) is 9.38. The molecule has 1 rings (SSSR count). The van der Waals surface area contributed by atoms with Crippen LogP contribution >= 0.6 is 0 Å². The monoisotopic (exact) mass is 334 g/mol. The second-order valence-electron chi connectivity index (χ2n) is 7.17. The van der Waals surface area contributed by atoms with E-state index in [0.717, 1.165) is 51.4 Å². The summed E-state index contributed by atoms with van der Waals surface area (Å²) in [7, 11) is 0. The normalized spacial score (nSPS) is 11.5. The van der Waals surface area contributed by atoms with Gasteiger partial charge >= 0.3 is 5.97 Å². The summed E-state index contributed by atoms with van der Waals surface area (Å²) in [6.07, 6.45) is 8.69. The van der Waals surface area contributed by atoms with E-state index in [1.165, 1.54) is 5.56 Å². The number of aliphatic hydroxyl groups is 1. The maximum Gasteiger partial charge on any atom is 0.305 e. The van der Waals surface area contributed by atoms with E-state index in [2.05, 4.69) is 38.1 Å². The topological polar surface area (TPSA) is 46.5 Å². The lowest BCUT2D eigenvalue weighted by Crippen LogP contribution is -2.17. The minimum atomic E-state index is -0.0702. The molecule has 24 heavy (non-hydrogen) atoms. The number of rotatable bonds is 13. The van der Waals surface area contributed by atoms with Crippen LogP contribution in [-0.4, -0.2) is 24.3 Å².